The highest BCUT2D eigenvalue weighted by Gasteiger charge is 2.43. The summed E-state index contributed by atoms with van der Waals surface area (Å²) in [5.74, 6) is -1.58. The van der Waals surface area contributed by atoms with Crippen molar-refractivity contribution in [1.82, 2.24) is 0 Å². The van der Waals surface area contributed by atoms with E-state index in [4.69, 9.17) is 14.2 Å². The fourth-order valence-corrected chi connectivity index (χ4v) is 3.26. The molecule has 0 aromatic heterocycles. The Morgan fingerprint density at radius 3 is 2.33 bits per heavy atom. The SMILES string of the molecule is COC(=O)C1C(C)=NC(C)=C(C(=O)OC(C)(C)C)C1c1cccc(OC)c1. The predicted molar refractivity (Wildman–Crippen MR) is 103 cm³/mol. The zero-order valence-corrected chi connectivity index (χ0v) is 17.0. The summed E-state index contributed by atoms with van der Waals surface area (Å²) in [6.07, 6.45) is 0. The number of benzene rings is 1. The predicted octanol–water partition coefficient (Wildman–Crippen LogP) is 3.66. The molecule has 6 nitrogen and oxygen atoms in total. The number of methoxy groups -OCH3 is 2. The second kappa shape index (κ2) is 7.94. The molecule has 0 saturated carbocycles. The van der Waals surface area contributed by atoms with Crippen LogP contribution in [-0.2, 0) is 19.1 Å². The van der Waals surface area contributed by atoms with Gasteiger partial charge in [-0.15, -0.1) is 0 Å². The Hall–Kier alpha value is -2.63. The lowest BCUT2D eigenvalue weighted by Gasteiger charge is -2.32. The minimum atomic E-state index is -0.715. The van der Waals surface area contributed by atoms with Gasteiger partial charge in [-0.05, 0) is 52.3 Å². The highest BCUT2D eigenvalue weighted by molar-refractivity contribution is 6.07. The van der Waals surface area contributed by atoms with E-state index in [9.17, 15) is 9.59 Å². The van der Waals surface area contributed by atoms with E-state index in [1.807, 2.05) is 24.3 Å². The average Bonchev–Trinajstić information content (AvgIpc) is 2.58. The number of hydrogen-bond acceptors (Lipinski definition) is 6. The molecule has 6 heteroatoms. The molecule has 2 atom stereocenters. The van der Waals surface area contributed by atoms with Crippen LogP contribution in [0.25, 0.3) is 0 Å². The lowest BCUT2D eigenvalue weighted by molar-refractivity contribution is -0.150. The highest BCUT2D eigenvalue weighted by atomic mass is 16.6. The smallest absolute Gasteiger partial charge is 0.337 e. The maximum absolute atomic E-state index is 13.0. The van der Waals surface area contributed by atoms with Crippen molar-refractivity contribution in [1.29, 1.82) is 0 Å². The second-order valence-electron chi connectivity index (χ2n) is 7.51. The third-order valence-corrected chi connectivity index (χ3v) is 4.36. The first-order valence-corrected chi connectivity index (χ1v) is 8.80. The van der Waals surface area contributed by atoms with Crippen LogP contribution >= 0.6 is 0 Å². The number of aliphatic imine (C=N–C) groups is 1. The standard InChI is InChI=1S/C21H27NO5/c1-12-16(19(23)26-7)18(14-9-8-10-15(11-14)25-6)17(13(2)22-12)20(24)27-21(3,4)5/h8-11,16,18H,1-7H3. The van der Waals surface area contributed by atoms with Crippen molar-refractivity contribution in [2.45, 2.75) is 46.1 Å². The molecule has 0 bridgehead atoms. The van der Waals surface area contributed by atoms with Crippen molar-refractivity contribution in [3.63, 3.8) is 0 Å². The Bertz CT molecular complexity index is 801. The number of carbonyl (C=O) groups excluding carboxylic acids is 2. The molecule has 0 N–H and O–H groups in total. The van der Waals surface area contributed by atoms with Crippen LogP contribution in [0.2, 0.25) is 0 Å². The third-order valence-electron chi connectivity index (χ3n) is 4.36. The first-order chi connectivity index (χ1) is 12.6. The van der Waals surface area contributed by atoms with E-state index in [2.05, 4.69) is 4.99 Å². The van der Waals surface area contributed by atoms with E-state index >= 15 is 0 Å². The molecule has 0 amide bonds. The van der Waals surface area contributed by atoms with Gasteiger partial charge in [-0.3, -0.25) is 9.79 Å². The van der Waals surface area contributed by atoms with Crippen molar-refractivity contribution < 1.29 is 23.8 Å². The minimum absolute atomic E-state index is 0.360. The molecule has 0 saturated heterocycles. The van der Waals surface area contributed by atoms with Crippen molar-refractivity contribution in [3.8, 4) is 5.75 Å². The van der Waals surface area contributed by atoms with E-state index in [-0.39, 0.29) is 0 Å². The molecular weight excluding hydrogens is 346 g/mol. The van der Waals surface area contributed by atoms with E-state index in [1.54, 1.807) is 41.7 Å². The summed E-state index contributed by atoms with van der Waals surface area (Å²) in [6.45, 7) is 8.93. The molecule has 0 spiro atoms. The van der Waals surface area contributed by atoms with Crippen molar-refractivity contribution in [3.05, 3.63) is 41.1 Å². The summed E-state index contributed by atoms with van der Waals surface area (Å²) in [4.78, 5) is 30.0. The zero-order valence-electron chi connectivity index (χ0n) is 17.0. The molecule has 0 aliphatic carbocycles. The zero-order chi connectivity index (χ0) is 20.4. The molecule has 27 heavy (non-hydrogen) atoms. The topological polar surface area (TPSA) is 74.2 Å². The van der Waals surface area contributed by atoms with Gasteiger partial charge in [-0.1, -0.05) is 12.1 Å². The van der Waals surface area contributed by atoms with Crippen LogP contribution in [0.5, 0.6) is 5.75 Å². The summed E-state index contributed by atoms with van der Waals surface area (Å²) in [5.41, 5.74) is 1.59. The monoisotopic (exact) mass is 373 g/mol. The molecule has 2 unspecified atom stereocenters. The summed E-state index contributed by atoms with van der Waals surface area (Å²) >= 11 is 0. The normalized spacial score (nSPS) is 20.0. The lowest BCUT2D eigenvalue weighted by Crippen LogP contribution is -2.37. The number of hydrogen-bond donors (Lipinski definition) is 0. The van der Waals surface area contributed by atoms with Gasteiger partial charge in [0.1, 0.15) is 17.3 Å². The molecule has 0 radical (unpaired) electrons. The van der Waals surface area contributed by atoms with E-state index in [0.29, 0.717) is 22.7 Å². The minimum Gasteiger partial charge on any atom is -0.497 e. The number of carbonyl (C=O) groups is 2. The highest BCUT2D eigenvalue weighted by Crippen LogP contribution is 2.41. The molecule has 146 valence electrons. The van der Waals surface area contributed by atoms with Gasteiger partial charge >= 0.3 is 11.9 Å². The Kier molecular flexibility index (Phi) is 6.08. The second-order valence-corrected chi connectivity index (χ2v) is 7.51. The molecule has 1 aliphatic heterocycles. The largest absolute Gasteiger partial charge is 0.497 e. The molecule has 0 fully saturated rings. The maximum atomic E-state index is 13.0. The van der Waals surface area contributed by atoms with Crippen molar-refractivity contribution in [2.24, 2.45) is 10.9 Å². The summed E-state index contributed by atoms with van der Waals surface area (Å²) < 4.78 is 15.9. The van der Waals surface area contributed by atoms with Crippen LogP contribution in [0.1, 0.15) is 46.1 Å². The van der Waals surface area contributed by atoms with Crippen LogP contribution < -0.4 is 4.74 Å². The Labute approximate surface area is 160 Å². The van der Waals surface area contributed by atoms with Crippen LogP contribution in [0, 0.1) is 5.92 Å². The molecule has 1 aliphatic rings. The van der Waals surface area contributed by atoms with Crippen LogP contribution in [0.3, 0.4) is 0 Å². The van der Waals surface area contributed by atoms with Crippen LogP contribution in [-0.4, -0.2) is 37.5 Å². The molecule has 1 heterocycles. The number of nitrogens with zero attached hydrogens (tertiary/aromatic N) is 1. The average molecular weight is 373 g/mol. The van der Waals surface area contributed by atoms with Gasteiger partial charge in [0.25, 0.3) is 0 Å². The number of allylic oxidation sites excluding steroid dienone is 1. The Balaban J connectivity index is 2.65. The summed E-state index contributed by atoms with van der Waals surface area (Å²) in [5, 5.41) is 0. The number of ether oxygens (including phenoxy) is 3. The first-order valence-electron chi connectivity index (χ1n) is 8.80. The van der Waals surface area contributed by atoms with Gasteiger partial charge < -0.3 is 14.2 Å². The Morgan fingerprint density at radius 2 is 1.78 bits per heavy atom. The van der Waals surface area contributed by atoms with Crippen molar-refractivity contribution >= 4 is 17.7 Å². The lowest BCUT2D eigenvalue weighted by atomic mass is 9.75. The summed E-state index contributed by atoms with van der Waals surface area (Å²) in [6, 6.07) is 7.31. The van der Waals surface area contributed by atoms with E-state index < -0.39 is 29.4 Å². The van der Waals surface area contributed by atoms with E-state index in [1.165, 1.54) is 7.11 Å². The fourth-order valence-electron chi connectivity index (χ4n) is 3.26. The fraction of sp³-hybridized carbons (Fsp3) is 0.476. The quantitative estimate of drug-likeness (QED) is 0.753. The maximum Gasteiger partial charge on any atom is 0.337 e. The van der Waals surface area contributed by atoms with Crippen LogP contribution in [0.4, 0.5) is 0 Å². The van der Waals surface area contributed by atoms with Gasteiger partial charge in [0.15, 0.2) is 0 Å². The van der Waals surface area contributed by atoms with Crippen LogP contribution in [0.15, 0.2) is 40.5 Å². The molecule has 1 aromatic carbocycles. The van der Waals surface area contributed by atoms with Crippen molar-refractivity contribution in [2.75, 3.05) is 14.2 Å². The Morgan fingerprint density at radius 1 is 1.11 bits per heavy atom. The first kappa shape index (κ1) is 20.7. The summed E-state index contributed by atoms with van der Waals surface area (Å²) in [7, 11) is 2.90. The molecule has 1 aromatic rings. The number of rotatable bonds is 4. The molecule has 2 rings (SSSR count). The van der Waals surface area contributed by atoms with Gasteiger partial charge in [0.05, 0.1) is 19.8 Å². The van der Waals surface area contributed by atoms with E-state index in [0.717, 1.165) is 5.56 Å². The van der Waals surface area contributed by atoms with Gasteiger partial charge in [-0.25, -0.2) is 4.79 Å². The van der Waals surface area contributed by atoms with Gasteiger partial charge in [0, 0.05) is 17.3 Å². The van der Waals surface area contributed by atoms with Gasteiger partial charge in [0.2, 0.25) is 0 Å². The molecular formula is C21H27NO5. The third kappa shape index (κ3) is 4.56. The van der Waals surface area contributed by atoms with Gasteiger partial charge in [-0.2, -0.15) is 0 Å². The number of esters is 2.